The molecular formula is C18H19NO. The van der Waals surface area contributed by atoms with Crippen molar-refractivity contribution < 1.29 is 4.42 Å². The lowest BCUT2D eigenvalue weighted by atomic mass is 9.98. The van der Waals surface area contributed by atoms with Crippen molar-refractivity contribution in [3.05, 3.63) is 72.2 Å². The molecule has 0 spiro atoms. The van der Waals surface area contributed by atoms with Gasteiger partial charge in [-0.3, -0.25) is 0 Å². The second-order valence-corrected chi connectivity index (χ2v) is 5.05. The molecule has 3 aromatic rings. The highest BCUT2D eigenvalue weighted by molar-refractivity contribution is 5.83. The Morgan fingerprint density at radius 1 is 1.05 bits per heavy atom. The van der Waals surface area contributed by atoms with E-state index < -0.39 is 0 Å². The van der Waals surface area contributed by atoms with E-state index in [1.54, 1.807) is 6.26 Å². The van der Waals surface area contributed by atoms with Crippen molar-refractivity contribution in [1.29, 1.82) is 0 Å². The summed E-state index contributed by atoms with van der Waals surface area (Å²) in [5, 5.41) is 6.11. The number of hydrogen-bond donors (Lipinski definition) is 1. The van der Waals surface area contributed by atoms with Gasteiger partial charge in [0.25, 0.3) is 0 Å². The van der Waals surface area contributed by atoms with E-state index >= 15 is 0 Å². The van der Waals surface area contributed by atoms with Crippen LogP contribution < -0.4 is 5.32 Å². The zero-order chi connectivity index (χ0) is 13.8. The predicted molar refractivity (Wildman–Crippen MR) is 82.8 cm³/mol. The molecule has 0 saturated heterocycles. The molecule has 1 aromatic heterocycles. The molecule has 0 amide bonds. The molecule has 20 heavy (non-hydrogen) atoms. The molecule has 1 N–H and O–H groups in total. The van der Waals surface area contributed by atoms with Gasteiger partial charge in [0.05, 0.1) is 12.5 Å². The molecule has 0 aliphatic carbocycles. The Kier molecular flexibility index (Phi) is 3.84. The molecule has 2 nitrogen and oxygen atoms in total. The fourth-order valence-electron chi connectivity index (χ4n) is 2.63. The normalized spacial score (nSPS) is 12.7. The summed E-state index contributed by atoms with van der Waals surface area (Å²) in [5.74, 6) is 0. The number of likely N-dealkylation sites (N-methyl/N-ethyl adjacent to an activating group) is 1. The summed E-state index contributed by atoms with van der Waals surface area (Å²) in [7, 11) is 0. The average Bonchev–Trinajstić information content (AvgIpc) is 3.01. The second kappa shape index (κ2) is 5.93. The van der Waals surface area contributed by atoms with Crippen LogP contribution in [0.25, 0.3) is 10.8 Å². The van der Waals surface area contributed by atoms with Crippen molar-refractivity contribution in [2.75, 3.05) is 6.54 Å². The number of hydrogen-bond acceptors (Lipinski definition) is 2. The largest absolute Gasteiger partial charge is 0.472 e. The molecule has 0 bridgehead atoms. The maximum Gasteiger partial charge on any atom is 0.0950 e. The van der Waals surface area contributed by atoms with Crippen LogP contribution in [0.4, 0.5) is 0 Å². The lowest BCUT2D eigenvalue weighted by molar-refractivity contribution is 0.525. The highest BCUT2D eigenvalue weighted by atomic mass is 16.3. The van der Waals surface area contributed by atoms with Gasteiger partial charge in [0.2, 0.25) is 0 Å². The van der Waals surface area contributed by atoms with Gasteiger partial charge in [-0.1, -0.05) is 49.4 Å². The minimum absolute atomic E-state index is 0.305. The molecule has 1 unspecified atom stereocenters. The van der Waals surface area contributed by atoms with E-state index in [-0.39, 0.29) is 0 Å². The molecule has 102 valence electrons. The van der Waals surface area contributed by atoms with E-state index in [4.69, 9.17) is 4.42 Å². The summed E-state index contributed by atoms with van der Waals surface area (Å²) in [5.41, 5.74) is 2.55. The third-order valence-corrected chi connectivity index (χ3v) is 3.65. The van der Waals surface area contributed by atoms with Crippen molar-refractivity contribution >= 4 is 10.8 Å². The second-order valence-electron chi connectivity index (χ2n) is 5.05. The highest BCUT2D eigenvalue weighted by Crippen LogP contribution is 2.22. The van der Waals surface area contributed by atoms with Crippen LogP contribution >= 0.6 is 0 Å². The van der Waals surface area contributed by atoms with Gasteiger partial charge >= 0.3 is 0 Å². The van der Waals surface area contributed by atoms with Gasteiger partial charge in [-0.15, -0.1) is 0 Å². The first-order chi connectivity index (χ1) is 9.86. The van der Waals surface area contributed by atoms with Crippen molar-refractivity contribution in [2.45, 2.75) is 19.4 Å². The zero-order valence-corrected chi connectivity index (χ0v) is 11.7. The molecule has 0 saturated carbocycles. The van der Waals surface area contributed by atoms with Crippen LogP contribution in [0, 0.1) is 0 Å². The molecule has 0 aliphatic rings. The summed E-state index contributed by atoms with van der Waals surface area (Å²) in [4.78, 5) is 0. The summed E-state index contributed by atoms with van der Waals surface area (Å²) in [6.07, 6.45) is 4.53. The number of fused-ring (bicyclic) bond motifs is 1. The van der Waals surface area contributed by atoms with Crippen LogP contribution in [-0.4, -0.2) is 6.54 Å². The third-order valence-electron chi connectivity index (χ3n) is 3.65. The smallest absolute Gasteiger partial charge is 0.0950 e. The maximum absolute atomic E-state index is 5.21. The van der Waals surface area contributed by atoms with E-state index in [0.29, 0.717) is 6.04 Å². The van der Waals surface area contributed by atoms with E-state index in [1.807, 2.05) is 12.3 Å². The molecule has 2 aromatic carbocycles. The van der Waals surface area contributed by atoms with Crippen LogP contribution in [0.2, 0.25) is 0 Å². The first-order valence-corrected chi connectivity index (χ1v) is 7.10. The SMILES string of the molecule is CCNC(Cc1ccc2ccccc2c1)c1ccoc1. The molecule has 0 aliphatic heterocycles. The van der Waals surface area contributed by atoms with E-state index in [9.17, 15) is 0 Å². The van der Waals surface area contributed by atoms with Crippen molar-refractivity contribution in [2.24, 2.45) is 0 Å². The molecule has 0 radical (unpaired) electrons. The van der Waals surface area contributed by atoms with Crippen molar-refractivity contribution in [3.63, 3.8) is 0 Å². The van der Waals surface area contributed by atoms with Crippen LogP contribution in [0.1, 0.15) is 24.1 Å². The van der Waals surface area contributed by atoms with E-state index in [0.717, 1.165) is 13.0 Å². The fourth-order valence-corrected chi connectivity index (χ4v) is 2.63. The number of furan rings is 1. The average molecular weight is 265 g/mol. The number of benzene rings is 2. The molecular weight excluding hydrogens is 246 g/mol. The van der Waals surface area contributed by atoms with Gasteiger partial charge < -0.3 is 9.73 Å². The Bertz CT molecular complexity index is 673. The minimum atomic E-state index is 0.305. The van der Waals surface area contributed by atoms with Gasteiger partial charge in [-0.25, -0.2) is 0 Å². The standard InChI is InChI=1S/C18H19NO/c1-2-19-18(17-9-10-20-13-17)12-14-7-8-15-5-3-4-6-16(15)11-14/h3-11,13,18-19H,2,12H2,1H3. The molecule has 1 heterocycles. The number of rotatable bonds is 5. The van der Waals surface area contributed by atoms with Crippen LogP contribution in [0.3, 0.4) is 0 Å². The lowest BCUT2D eigenvalue weighted by Crippen LogP contribution is -2.22. The first kappa shape index (κ1) is 12.9. The summed E-state index contributed by atoms with van der Waals surface area (Å²) in [6, 6.07) is 17.5. The van der Waals surface area contributed by atoms with Gasteiger partial charge in [0, 0.05) is 11.6 Å². The Morgan fingerprint density at radius 2 is 1.90 bits per heavy atom. The topological polar surface area (TPSA) is 25.2 Å². The molecule has 0 fully saturated rings. The van der Waals surface area contributed by atoms with E-state index in [2.05, 4.69) is 54.7 Å². The van der Waals surface area contributed by atoms with Gasteiger partial charge in [0.1, 0.15) is 0 Å². The Morgan fingerprint density at radius 3 is 2.65 bits per heavy atom. The van der Waals surface area contributed by atoms with Gasteiger partial charge in [-0.2, -0.15) is 0 Å². The number of nitrogens with one attached hydrogen (secondary N) is 1. The Labute approximate surface area is 119 Å². The Balaban J connectivity index is 1.86. The first-order valence-electron chi connectivity index (χ1n) is 7.10. The van der Waals surface area contributed by atoms with Crippen LogP contribution in [-0.2, 0) is 6.42 Å². The quantitative estimate of drug-likeness (QED) is 0.743. The minimum Gasteiger partial charge on any atom is -0.472 e. The zero-order valence-electron chi connectivity index (χ0n) is 11.7. The molecule has 3 rings (SSSR count). The van der Waals surface area contributed by atoms with Crippen LogP contribution in [0.5, 0.6) is 0 Å². The van der Waals surface area contributed by atoms with Crippen LogP contribution in [0.15, 0.2) is 65.5 Å². The molecule has 2 heteroatoms. The monoisotopic (exact) mass is 265 g/mol. The van der Waals surface area contributed by atoms with Gasteiger partial charge in [0.15, 0.2) is 0 Å². The Hall–Kier alpha value is -2.06. The fraction of sp³-hybridized carbons (Fsp3) is 0.222. The predicted octanol–water partition coefficient (Wildman–Crippen LogP) is 4.33. The van der Waals surface area contributed by atoms with Crippen molar-refractivity contribution in [3.8, 4) is 0 Å². The van der Waals surface area contributed by atoms with E-state index in [1.165, 1.54) is 21.9 Å². The van der Waals surface area contributed by atoms with Gasteiger partial charge in [-0.05, 0) is 35.4 Å². The third kappa shape index (κ3) is 2.75. The molecule has 1 atom stereocenters. The maximum atomic E-state index is 5.21. The summed E-state index contributed by atoms with van der Waals surface area (Å²) < 4.78 is 5.21. The summed E-state index contributed by atoms with van der Waals surface area (Å²) >= 11 is 0. The van der Waals surface area contributed by atoms with Crippen molar-refractivity contribution in [1.82, 2.24) is 5.32 Å². The highest BCUT2D eigenvalue weighted by Gasteiger charge is 2.12. The summed E-state index contributed by atoms with van der Waals surface area (Å²) in [6.45, 7) is 3.08. The lowest BCUT2D eigenvalue weighted by Gasteiger charge is -2.16.